The molecule has 0 saturated heterocycles. The smallest absolute Gasteiger partial charge is 0.310 e. The molecule has 2 rings (SSSR count). The molecule has 0 radical (unpaired) electrons. The standard InChI is InChI=1S/C12H19NO3/c1-8-5-9(6-8)13-10(14)7-12(11(15)16)3-2-4-12/h8-9H,2-7H2,1H3,(H,13,14)(H,15,16). The Hall–Kier alpha value is -1.06. The highest BCUT2D eigenvalue weighted by Gasteiger charge is 2.46. The molecule has 16 heavy (non-hydrogen) atoms. The lowest BCUT2D eigenvalue weighted by Crippen LogP contribution is -2.48. The van der Waals surface area contributed by atoms with Crippen molar-refractivity contribution < 1.29 is 14.7 Å². The summed E-state index contributed by atoms with van der Waals surface area (Å²) < 4.78 is 0. The van der Waals surface area contributed by atoms with Crippen LogP contribution in [0.2, 0.25) is 0 Å². The van der Waals surface area contributed by atoms with E-state index in [1.807, 2.05) is 0 Å². The van der Waals surface area contributed by atoms with Crippen LogP contribution in [0.4, 0.5) is 0 Å². The molecule has 2 fully saturated rings. The van der Waals surface area contributed by atoms with E-state index in [1.54, 1.807) is 0 Å². The normalized spacial score (nSPS) is 31.1. The van der Waals surface area contributed by atoms with E-state index in [0.717, 1.165) is 19.3 Å². The van der Waals surface area contributed by atoms with Crippen LogP contribution in [0.25, 0.3) is 0 Å². The molecule has 2 aliphatic carbocycles. The maximum atomic E-state index is 11.7. The highest BCUT2D eigenvalue weighted by molar-refractivity contribution is 5.85. The lowest BCUT2D eigenvalue weighted by Gasteiger charge is -2.39. The molecule has 0 spiro atoms. The van der Waals surface area contributed by atoms with Crippen LogP contribution in [0.5, 0.6) is 0 Å². The number of carboxylic acids is 1. The third-order valence-electron chi connectivity index (χ3n) is 4.00. The summed E-state index contributed by atoms with van der Waals surface area (Å²) >= 11 is 0. The van der Waals surface area contributed by atoms with E-state index in [1.165, 1.54) is 0 Å². The van der Waals surface area contributed by atoms with Crippen molar-refractivity contribution in [1.29, 1.82) is 0 Å². The quantitative estimate of drug-likeness (QED) is 0.762. The Bertz CT molecular complexity index is 303. The van der Waals surface area contributed by atoms with Gasteiger partial charge in [-0.2, -0.15) is 0 Å². The van der Waals surface area contributed by atoms with Crippen molar-refractivity contribution in [2.45, 2.75) is 51.5 Å². The maximum Gasteiger partial charge on any atom is 0.310 e. The summed E-state index contributed by atoms with van der Waals surface area (Å²) in [7, 11) is 0. The number of hydrogen-bond acceptors (Lipinski definition) is 2. The van der Waals surface area contributed by atoms with E-state index in [0.29, 0.717) is 18.8 Å². The average Bonchev–Trinajstić information content (AvgIpc) is 2.08. The Morgan fingerprint density at radius 1 is 1.38 bits per heavy atom. The Kier molecular flexibility index (Phi) is 2.91. The SMILES string of the molecule is CC1CC(NC(=O)CC2(C(=O)O)CCC2)C1. The molecule has 0 atom stereocenters. The zero-order valence-electron chi connectivity index (χ0n) is 9.66. The van der Waals surface area contributed by atoms with Crippen LogP contribution in [0, 0.1) is 11.3 Å². The molecule has 2 saturated carbocycles. The van der Waals surface area contributed by atoms with Gasteiger partial charge in [0.05, 0.1) is 5.41 Å². The summed E-state index contributed by atoms with van der Waals surface area (Å²) in [5.41, 5.74) is -0.751. The fraction of sp³-hybridized carbons (Fsp3) is 0.833. The lowest BCUT2D eigenvalue weighted by atomic mass is 9.66. The third kappa shape index (κ3) is 2.06. The molecule has 0 aliphatic heterocycles. The van der Waals surface area contributed by atoms with Crippen LogP contribution < -0.4 is 5.32 Å². The Morgan fingerprint density at radius 3 is 2.38 bits per heavy atom. The zero-order valence-corrected chi connectivity index (χ0v) is 9.66. The van der Waals surface area contributed by atoms with Gasteiger partial charge in [0.25, 0.3) is 0 Å². The Morgan fingerprint density at radius 2 is 2.00 bits per heavy atom. The molecule has 2 aliphatic rings. The molecule has 0 aromatic rings. The van der Waals surface area contributed by atoms with E-state index in [9.17, 15) is 9.59 Å². The minimum Gasteiger partial charge on any atom is -0.481 e. The molecule has 0 unspecified atom stereocenters. The predicted molar refractivity (Wildman–Crippen MR) is 58.9 cm³/mol. The fourth-order valence-electron chi connectivity index (χ4n) is 2.68. The largest absolute Gasteiger partial charge is 0.481 e. The number of amides is 1. The molecule has 4 heteroatoms. The topological polar surface area (TPSA) is 66.4 Å². The maximum absolute atomic E-state index is 11.7. The third-order valence-corrected chi connectivity index (χ3v) is 4.00. The van der Waals surface area contributed by atoms with Crippen LogP contribution in [0.15, 0.2) is 0 Å². The van der Waals surface area contributed by atoms with Crippen molar-refractivity contribution in [2.75, 3.05) is 0 Å². The summed E-state index contributed by atoms with van der Waals surface area (Å²) in [5.74, 6) is -0.197. The second-order valence-electron chi connectivity index (χ2n) is 5.46. The number of aliphatic carboxylic acids is 1. The van der Waals surface area contributed by atoms with Gasteiger partial charge in [0.1, 0.15) is 0 Å². The van der Waals surface area contributed by atoms with Crippen molar-refractivity contribution in [3.8, 4) is 0 Å². The van der Waals surface area contributed by atoms with Crippen LogP contribution in [-0.4, -0.2) is 23.0 Å². The number of hydrogen-bond donors (Lipinski definition) is 2. The molecule has 0 bridgehead atoms. The van der Waals surface area contributed by atoms with Gasteiger partial charge in [0.2, 0.25) is 5.91 Å². The van der Waals surface area contributed by atoms with E-state index in [2.05, 4.69) is 12.2 Å². The van der Waals surface area contributed by atoms with Gasteiger partial charge < -0.3 is 10.4 Å². The average molecular weight is 225 g/mol. The first-order valence-corrected chi connectivity index (χ1v) is 6.05. The van der Waals surface area contributed by atoms with Gasteiger partial charge in [-0.3, -0.25) is 9.59 Å². The van der Waals surface area contributed by atoms with E-state index >= 15 is 0 Å². The van der Waals surface area contributed by atoms with Gasteiger partial charge >= 0.3 is 5.97 Å². The van der Waals surface area contributed by atoms with Gasteiger partial charge in [0.15, 0.2) is 0 Å². The minimum absolute atomic E-state index is 0.0843. The fourth-order valence-corrected chi connectivity index (χ4v) is 2.68. The number of nitrogens with one attached hydrogen (secondary N) is 1. The van der Waals surface area contributed by atoms with Gasteiger partial charge in [-0.05, 0) is 31.6 Å². The van der Waals surface area contributed by atoms with Crippen molar-refractivity contribution in [3.63, 3.8) is 0 Å². The number of carboxylic acid groups (broad SMARTS) is 1. The molecule has 0 aromatic heterocycles. The molecular weight excluding hydrogens is 206 g/mol. The van der Waals surface area contributed by atoms with Crippen molar-refractivity contribution in [1.82, 2.24) is 5.32 Å². The van der Waals surface area contributed by atoms with Crippen molar-refractivity contribution >= 4 is 11.9 Å². The highest BCUT2D eigenvalue weighted by Crippen LogP contribution is 2.44. The van der Waals surface area contributed by atoms with Gasteiger partial charge in [-0.15, -0.1) is 0 Å². The second kappa shape index (κ2) is 4.07. The van der Waals surface area contributed by atoms with Gasteiger partial charge in [-0.1, -0.05) is 13.3 Å². The number of carbonyl (C=O) groups excluding carboxylic acids is 1. The highest BCUT2D eigenvalue weighted by atomic mass is 16.4. The lowest BCUT2D eigenvalue weighted by molar-refractivity contribution is -0.157. The summed E-state index contributed by atoms with van der Waals surface area (Å²) in [6.45, 7) is 2.16. The Labute approximate surface area is 95.4 Å². The van der Waals surface area contributed by atoms with Crippen LogP contribution in [0.3, 0.4) is 0 Å². The first kappa shape index (κ1) is 11.4. The van der Waals surface area contributed by atoms with E-state index in [-0.39, 0.29) is 18.4 Å². The molecule has 4 nitrogen and oxygen atoms in total. The summed E-state index contributed by atoms with van der Waals surface area (Å²) in [6, 6.07) is 0.286. The van der Waals surface area contributed by atoms with Crippen molar-refractivity contribution in [2.24, 2.45) is 11.3 Å². The van der Waals surface area contributed by atoms with Crippen molar-refractivity contribution in [3.05, 3.63) is 0 Å². The summed E-state index contributed by atoms with van der Waals surface area (Å²) in [5, 5.41) is 12.0. The predicted octanol–water partition coefficient (Wildman–Crippen LogP) is 1.55. The zero-order chi connectivity index (χ0) is 11.8. The molecular formula is C12H19NO3. The van der Waals surface area contributed by atoms with Gasteiger partial charge in [-0.25, -0.2) is 0 Å². The molecule has 0 aromatic carbocycles. The van der Waals surface area contributed by atoms with Crippen LogP contribution in [0.1, 0.15) is 45.4 Å². The van der Waals surface area contributed by atoms with E-state index in [4.69, 9.17) is 5.11 Å². The Balaban J connectivity index is 1.80. The first-order chi connectivity index (χ1) is 7.52. The first-order valence-electron chi connectivity index (χ1n) is 6.05. The summed E-state index contributed by atoms with van der Waals surface area (Å²) in [6.07, 6.45) is 4.46. The van der Waals surface area contributed by atoms with E-state index < -0.39 is 11.4 Å². The monoisotopic (exact) mass is 225 g/mol. The second-order valence-corrected chi connectivity index (χ2v) is 5.46. The molecule has 2 N–H and O–H groups in total. The number of carbonyl (C=O) groups is 2. The van der Waals surface area contributed by atoms with Gasteiger partial charge in [0, 0.05) is 12.5 Å². The number of rotatable bonds is 4. The molecule has 0 heterocycles. The summed E-state index contributed by atoms with van der Waals surface area (Å²) in [4.78, 5) is 22.8. The van der Waals surface area contributed by atoms with Crippen LogP contribution in [-0.2, 0) is 9.59 Å². The minimum atomic E-state index is -0.809. The molecule has 90 valence electrons. The van der Waals surface area contributed by atoms with Crippen LogP contribution >= 0.6 is 0 Å². The molecule has 1 amide bonds.